The van der Waals surface area contributed by atoms with Crippen LogP contribution in [0.25, 0.3) is 11.5 Å². The molecular weight excluding hydrogens is 363 g/mol. The van der Waals surface area contributed by atoms with E-state index in [2.05, 4.69) is 15.5 Å². The van der Waals surface area contributed by atoms with Gasteiger partial charge in [-0.1, -0.05) is 11.6 Å². The quantitative estimate of drug-likeness (QED) is 0.712. The molecule has 3 aromatic rings. The van der Waals surface area contributed by atoms with E-state index in [1.807, 2.05) is 0 Å². The summed E-state index contributed by atoms with van der Waals surface area (Å²) in [4.78, 5) is 24.0. The third kappa shape index (κ3) is 3.86. The number of nitrogens with zero attached hydrogens (tertiary/aromatic N) is 2. The molecule has 2 aromatic carbocycles. The maximum atomic E-state index is 13.0. The van der Waals surface area contributed by atoms with Gasteiger partial charge in [-0.05, 0) is 48.5 Å². The van der Waals surface area contributed by atoms with Gasteiger partial charge >= 0.3 is 0 Å². The van der Waals surface area contributed by atoms with Crippen molar-refractivity contribution >= 4 is 23.4 Å². The van der Waals surface area contributed by atoms with Crippen molar-refractivity contribution in [1.29, 1.82) is 0 Å². The molecular formula is C17H12ClFN4O3. The number of benzene rings is 2. The van der Waals surface area contributed by atoms with E-state index in [0.717, 1.165) is 0 Å². The summed E-state index contributed by atoms with van der Waals surface area (Å²) in [5, 5.41) is 10.4. The summed E-state index contributed by atoms with van der Waals surface area (Å²) < 4.78 is 18.4. The van der Waals surface area contributed by atoms with Crippen LogP contribution in [-0.4, -0.2) is 22.0 Å². The van der Waals surface area contributed by atoms with Crippen molar-refractivity contribution in [3.8, 4) is 11.5 Å². The van der Waals surface area contributed by atoms with Gasteiger partial charge in [0.15, 0.2) is 6.04 Å². The van der Waals surface area contributed by atoms with Gasteiger partial charge in [-0.15, -0.1) is 10.2 Å². The molecule has 1 heterocycles. The number of rotatable bonds is 5. The Hall–Kier alpha value is -3.26. The summed E-state index contributed by atoms with van der Waals surface area (Å²) in [6, 6.07) is 10.1. The summed E-state index contributed by atoms with van der Waals surface area (Å²) in [5.74, 6) is -1.97. The number of nitrogens with two attached hydrogens (primary N) is 1. The first-order chi connectivity index (χ1) is 12.4. The Morgan fingerprint density at radius 2 is 1.73 bits per heavy atom. The first-order valence-corrected chi connectivity index (χ1v) is 7.77. The number of hydrogen-bond donors (Lipinski definition) is 2. The van der Waals surface area contributed by atoms with Gasteiger partial charge in [0, 0.05) is 16.1 Å². The average molecular weight is 375 g/mol. The van der Waals surface area contributed by atoms with Gasteiger partial charge < -0.3 is 15.5 Å². The zero-order valence-electron chi connectivity index (χ0n) is 13.1. The minimum Gasteiger partial charge on any atom is -0.418 e. The lowest BCUT2D eigenvalue weighted by Gasteiger charge is -2.11. The molecule has 0 radical (unpaired) electrons. The second-order valence-electron chi connectivity index (χ2n) is 5.27. The van der Waals surface area contributed by atoms with E-state index in [1.165, 1.54) is 48.5 Å². The number of halogens is 2. The lowest BCUT2D eigenvalue weighted by molar-refractivity contribution is -0.120. The Labute approximate surface area is 152 Å². The maximum absolute atomic E-state index is 13.0. The largest absolute Gasteiger partial charge is 0.418 e. The van der Waals surface area contributed by atoms with Crippen LogP contribution < -0.4 is 11.1 Å². The highest BCUT2D eigenvalue weighted by Crippen LogP contribution is 2.21. The number of nitrogens with one attached hydrogen (secondary N) is 1. The van der Waals surface area contributed by atoms with Gasteiger partial charge in [0.2, 0.25) is 17.7 Å². The number of carbonyl (C=O) groups excluding carboxylic acids is 2. The van der Waals surface area contributed by atoms with Crippen molar-refractivity contribution in [3.05, 3.63) is 70.8 Å². The molecule has 7 nitrogen and oxygen atoms in total. The van der Waals surface area contributed by atoms with Crippen LogP contribution in [0.15, 0.2) is 52.9 Å². The number of amides is 2. The monoisotopic (exact) mass is 374 g/mol. The van der Waals surface area contributed by atoms with Gasteiger partial charge in [0.05, 0.1) is 0 Å². The Balaban J connectivity index is 1.82. The molecule has 132 valence electrons. The van der Waals surface area contributed by atoms with Crippen LogP contribution in [0.5, 0.6) is 0 Å². The molecule has 0 fully saturated rings. The highest BCUT2D eigenvalue weighted by atomic mass is 35.5. The molecule has 0 aliphatic carbocycles. The Morgan fingerprint density at radius 1 is 1.08 bits per heavy atom. The standard InChI is InChI=1S/C17H12ClFN4O3/c18-11-5-1-9(2-6-11)15(25)21-13(14(20)24)17-23-22-16(26-17)10-3-7-12(19)8-4-10/h1-8,13H,(H2,20,24)(H,21,25). The molecule has 3 N–H and O–H groups in total. The fourth-order valence-electron chi connectivity index (χ4n) is 2.13. The average Bonchev–Trinajstić information content (AvgIpc) is 3.10. The predicted octanol–water partition coefficient (Wildman–Crippen LogP) is 2.49. The number of aromatic nitrogens is 2. The number of primary amides is 1. The summed E-state index contributed by atoms with van der Waals surface area (Å²) in [7, 11) is 0. The maximum Gasteiger partial charge on any atom is 0.252 e. The van der Waals surface area contributed by atoms with E-state index in [-0.39, 0.29) is 17.3 Å². The summed E-state index contributed by atoms with van der Waals surface area (Å²) >= 11 is 5.78. The second kappa shape index (κ2) is 7.32. The molecule has 0 bridgehead atoms. The molecule has 1 unspecified atom stereocenters. The van der Waals surface area contributed by atoms with Gasteiger partial charge in [0.1, 0.15) is 5.82 Å². The van der Waals surface area contributed by atoms with E-state index >= 15 is 0 Å². The molecule has 0 aliphatic rings. The van der Waals surface area contributed by atoms with Crippen molar-refractivity contribution in [2.45, 2.75) is 6.04 Å². The first kappa shape index (κ1) is 17.6. The molecule has 0 saturated carbocycles. The first-order valence-electron chi connectivity index (χ1n) is 7.39. The topological polar surface area (TPSA) is 111 Å². The molecule has 2 amide bonds. The second-order valence-corrected chi connectivity index (χ2v) is 5.70. The summed E-state index contributed by atoms with van der Waals surface area (Å²) in [6.45, 7) is 0. The summed E-state index contributed by atoms with van der Waals surface area (Å²) in [6.07, 6.45) is 0. The molecule has 1 aromatic heterocycles. The van der Waals surface area contributed by atoms with Gasteiger partial charge in [-0.3, -0.25) is 9.59 Å². The van der Waals surface area contributed by atoms with Crippen LogP contribution in [0.1, 0.15) is 22.3 Å². The van der Waals surface area contributed by atoms with Crippen molar-refractivity contribution in [2.24, 2.45) is 5.73 Å². The molecule has 3 rings (SSSR count). The lowest BCUT2D eigenvalue weighted by atomic mass is 10.2. The Kier molecular flexibility index (Phi) is 4.94. The van der Waals surface area contributed by atoms with E-state index < -0.39 is 23.7 Å². The minimum absolute atomic E-state index is 0.0620. The van der Waals surface area contributed by atoms with Crippen molar-refractivity contribution in [3.63, 3.8) is 0 Å². The molecule has 26 heavy (non-hydrogen) atoms. The fraction of sp³-hybridized carbons (Fsp3) is 0.0588. The SMILES string of the molecule is NC(=O)C(NC(=O)c1ccc(Cl)cc1)c1nnc(-c2ccc(F)cc2)o1. The molecule has 0 saturated heterocycles. The van der Waals surface area contributed by atoms with E-state index in [0.29, 0.717) is 10.6 Å². The Bertz CT molecular complexity index is 941. The van der Waals surface area contributed by atoms with Crippen LogP contribution in [0, 0.1) is 5.82 Å². The van der Waals surface area contributed by atoms with Crippen molar-refractivity contribution in [1.82, 2.24) is 15.5 Å². The van der Waals surface area contributed by atoms with Crippen LogP contribution in [0.3, 0.4) is 0 Å². The molecule has 0 aliphatic heterocycles. The zero-order chi connectivity index (χ0) is 18.7. The van der Waals surface area contributed by atoms with Crippen molar-refractivity contribution in [2.75, 3.05) is 0 Å². The van der Waals surface area contributed by atoms with Gasteiger partial charge in [0.25, 0.3) is 5.91 Å². The number of carbonyl (C=O) groups is 2. The van der Waals surface area contributed by atoms with Crippen LogP contribution in [-0.2, 0) is 4.79 Å². The molecule has 1 atom stereocenters. The van der Waals surface area contributed by atoms with Crippen LogP contribution >= 0.6 is 11.6 Å². The molecule has 9 heteroatoms. The van der Waals surface area contributed by atoms with E-state index in [1.54, 1.807) is 0 Å². The highest BCUT2D eigenvalue weighted by molar-refractivity contribution is 6.30. The molecule has 0 spiro atoms. The van der Waals surface area contributed by atoms with E-state index in [9.17, 15) is 14.0 Å². The minimum atomic E-state index is -1.32. The zero-order valence-corrected chi connectivity index (χ0v) is 13.9. The third-order valence-electron chi connectivity index (χ3n) is 3.45. The predicted molar refractivity (Wildman–Crippen MR) is 90.5 cm³/mol. The van der Waals surface area contributed by atoms with Gasteiger partial charge in [-0.2, -0.15) is 0 Å². The fourth-order valence-corrected chi connectivity index (χ4v) is 2.26. The Morgan fingerprint density at radius 3 is 2.35 bits per heavy atom. The van der Waals surface area contributed by atoms with E-state index in [4.69, 9.17) is 21.8 Å². The highest BCUT2D eigenvalue weighted by Gasteiger charge is 2.27. The lowest BCUT2D eigenvalue weighted by Crippen LogP contribution is -2.37. The normalized spacial score (nSPS) is 11.8. The van der Waals surface area contributed by atoms with Gasteiger partial charge in [-0.25, -0.2) is 4.39 Å². The van der Waals surface area contributed by atoms with Crippen molar-refractivity contribution < 1.29 is 18.4 Å². The van der Waals surface area contributed by atoms with Crippen LogP contribution in [0.2, 0.25) is 5.02 Å². The third-order valence-corrected chi connectivity index (χ3v) is 3.70. The smallest absolute Gasteiger partial charge is 0.252 e. The summed E-state index contributed by atoms with van der Waals surface area (Å²) in [5.41, 5.74) is 6.07. The number of hydrogen-bond acceptors (Lipinski definition) is 5. The van der Waals surface area contributed by atoms with Crippen LogP contribution in [0.4, 0.5) is 4.39 Å².